The second-order valence-corrected chi connectivity index (χ2v) is 3.95. The Morgan fingerprint density at radius 1 is 1.56 bits per heavy atom. The number of carbonyl (C=O) groups is 2. The highest BCUT2D eigenvalue weighted by molar-refractivity contribution is 6.02. The second kappa shape index (κ2) is 4.95. The van der Waals surface area contributed by atoms with Gasteiger partial charge in [-0.1, -0.05) is 0 Å². The molecule has 1 heterocycles. The maximum absolute atomic E-state index is 11.8. The van der Waals surface area contributed by atoms with E-state index < -0.39 is 0 Å². The van der Waals surface area contributed by atoms with E-state index in [9.17, 15) is 9.59 Å². The zero-order chi connectivity index (χ0) is 13.1. The summed E-state index contributed by atoms with van der Waals surface area (Å²) in [6.45, 7) is 2.27. The molecule has 0 bridgehead atoms. The molecule has 0 aromatic heterocycles. The SMILES string of the molecule is CCNC(=O)CN1C(=O)COc2ccc(N)cc21. The molecule has 2 amide bonds. The van der Waals surface area contributed by atoms with Gasteiger partial charge in [-0.25, -0.2) is 0 Å². The van der Waals surface area contributed by atoms with E-state index in [0.29, 0.717) is 23.7 Å². The number of anilines is 2. The van der Waals surface area contributed by atoms with Crippen molar-refractivity contribution in [2.24, 2.45) is 0 Å². The summed E-state index contributed by atoms with van der Waals surface area (Å²) in [6, 6.07) is 5.02. The minimum Gasteiger partial charge on any atom is -0.482 e. The number of likely N-dealkylation sites (N-methyl/N-ethyl adjacent to an activating group) is 1. The molecule has 0 atom stereocenters. The first kappa shape index (κ1) is 12.2. The molecule has 1 aliphatic rings. The van der Waals surface area contributed by atoms with Crippen LogP contribution < -0.4 is 20.7 Å². The van der Waals surface area contributed by atoms with Crippen molar-refractivity contribution in [1.29, 1.82) is 0 Å². The number of amides is 2. The minimum absolute atomic E-state index is 0.0213. The lowest BCUT2D eigenvalue weighted by Crippen LogP contribution is -2.45. The van der Waals surface area contributed by atoms with Crippen molar-refractivity contribution < 1.29 is 14.3 Å². The van der Waals surface area contributed by atoms with Crippen molar-refractivity contribution in [3.8, 4) is 5.75 Å². The minimum atomic E-state index is -0.251. The topological polar surface area (TPSA) is 84.7 Å². The smallest absolute Gasteiger partial charge is 0.265 e. The van der Waals surface area contributed by atoms with Crippen LogP contribution in [0.3, 0.4) is 0 Å². The van der Waals surface area contributed by atoms with Crippen LogP contribution in [0.25, 0.3) is 0 Å². The Hall–Kier alpha value is -2.24. The van der Waals surface area contributed by atoms with Gasteiger partial charge in [0.25, 0.3) is 5.91 Å². The average molecular weight is 249 g/mol. The maximum atomic E-state index is 11.8. The normalized spacial score (nSPS) is 13.8. The van der Waals surface area contributed by atoms with Crippen molar-refractivity contribution >= 4 is 23.2 Å². The maximum Gasteiger partial charge on any atom is 0.265 e. The zero-order valence-corrected chi connectivity index (χ0v) is 10.1. The molecular formula is C12H15N3O3. The quantitative estimate of drug-likeness (QED) is 0.746. The predicted molar refractivity (Wildman–Crippen MR) is 67.4 cm³/mol. The van der Waals surface area contributed by atoms with Crippen molar-refractivity contribution in [3.05, 3.63) is 18.2 Å². The van der Waals surface area contributed by atoms with E-state index >= 15 is 0 Å². The van der Waals surface area contributed by atoms with Gasteiger partial charge in [0.15, 0.2) is 6.61 Å². The Labute approximate surface area is 105 Å². The van der Waals surface area contributed by atoms with Crippen molar-refractivity contribution in [3.63, 3.8) is 0 Å². The number of ether oxygens (including phenoxy) is 1. The van der Waals surface area contributed by atoms with E-state index in [1.165, 1.54) is 4.90 Å². The van der Waals surface area contributed by atoms with Gasteiger partial charge in [0, 0.05) is 12.2 Å². The lowest BCUT2D eigenvalue weighted by molar-refractivity contribution is -0.125. The van der Waals surface area contributed by atoms with Crippen molar-refractivity contribution in [2.75, 3.05) is 30.3 Å². The van der Waals surface area contributed by atoms with E-state index in [4.69, 9.17) is 10.5 Å². The van der Waals surface area contributed by atoms with E-state index in [-0.39, 0.29) is 25.0 Å². The molecule has 0 spiro atoms. The molecule has 0 unspecified atom stereocenters. The van der Waals surface area contributed by atoms with Crippen LogP contribution in [0.1, 0.15) is 6.92 Å². The van der Waals surface area contributed by atoms with Crippen LogP contribution in [0.15, 0.2) is 18.2 Å². The molecule has 1 aromatic carbocycles. The third-order valence-corrected chi connectivity index (χ3v) is 2.60. The second-order valence-electron chi connectivity index (χ2n) is 3.95. The third kappa shape index (κ3) is 2.37. The molecule has 6 heteroatoms. The van der Waals surface area contributed by atoms with Gasteiger partial charge in [-0.15, -0.1) is 0 Å². The van der Waals surface area contributed by atoms with Gasteiger partial charge in [-0.05, 0) is 25.1 Å². The van der Waals surface area contributed by atoms with Crippen LogP contribution in [0.4, 0.5) is 11.4 Å². The number of hydrogen-bond acceptors (Lipinski definition) is 4. The highest BCUT2D eigenvalue weighted by Crippen LogP contribution is 2.33. The summed E-state index contributed by atoms with van der Waals surface area (Å²) in [5.74, 6) is 0.105. The summed E-state index contributed by atoms with van der Waals surface area (Å²) >= 11 is 0. The zero-order valence-electron chi connectivity index (χ0n) is 10.1. The number of nitrogen functional groups attached to an aromatic ring is 1. The largest absolute Gasteiger partial charge is 0.482 e. The summed E-state index contributed by atoms with van der Waals surface area (Å²) in [7, 11) is 0. The highest BCUT2D eigenvalue weighted by Gasteiger charge is 2.27. The number of rotatable bonds is 3. The summed E-state index contributed by atoms with van der Waals surface area (Å²) < 4.78 is 5.28. The number of nitrogens with one attached hydrogen (secondary N) is 1. The molecule has 96 valence electrons. The van der Waals surface area contributed by atoms with Crippen molar-refractivity contribution in [2.45, 2.75) is 6.92 Å². The monoisotopic (exact) mass is 249 g/mol. The summed E-state index contributed by atoms with van der Waals surface area (Å²) in [5, 5.41) is 2.65. The van der Waals surface area contributed by atoms with Crippen LogP contribution in [0.5, 0.6) is 5.75 Å². The fourth-order valence-corrected chi connectivity index (χ4v) is 1.79. The Morgan fingerprint density at radius 3 is 3.06 bits per heavy atom. The summed E-state index contributed by atoms with van der Waals surface area (Å²) in [5.41, 5.74) is 6.75. The molecular weight excluding hydrogens is 234 g/mol. The Bertz CT molecular complexity index is 487. The van der Waals surface area contributed by atoms with Crippen LogP contribution in [0.2, 0.25) is 0 Å². The molecule has 1 aromatic rings. The van der Waals surface area contributed by atoms with Gasteiger partial charge in [-0.3, -0.25) is 14.5 Å². The van der Waals surface area contributed by atoms with Crippen LogP contribution in [-0.2, 0) is 9.59 Å². The van der Waals surface area contributed by atoms with Crippen molar-refractivity contribution in [1.82, 2.24) is 5.32 Å². The van der Waals surface area contributed by atoms with E-state index in [1.807, 2.05) is 6.92 Å². The molecule has 0 aliphatic carbocycles. The fraction of sp³-hybridized carbons (Fsp3) is 0.333. The average Bonchev–Trinajstić information content (AvgIpc) is 2.33. The number of hydrogen-bond donors (Lipinski definition) is 2. The van der Waals surface area contributed by atoms with Gasteiger partial charge in [0.05, 0.1) is 5.69 Å². The lowest BCUT2D eigenvalue weighted by atomic mass is 10.2. The first-order valence-electron chi connectivity index (χ1n) is 5.71. The Kier molecular flexibility index (Phi) is 3.36. The van der Waals surface area contributed by atoms with Crippen LogP contribution in [0, 0.1) is 0 Å². The number of nitrogens with zero attached hydrogens (tertiary/aromatic N) is 1. The third-order valence-electron chi connectivity index (χ3n) is 2.60. The molecule has 3 N–H and O–H groups in total. The molecule has 0 saturated carbocycles. The highest BCUT2D eigenvalue weighted by atomic mass is 16.5. The molecule has 1 aliphatic heterocycles. The lowest BCUT2D eigenvalue weighted by Gasteiger charge is -2.29. The molecule has 0 saturated heterocycles. The first-order chi connectivity index (χ1) is 8.61. The van der Waals surface area contributed by atoms with Gasteiger partial charge in [0.2, 0.25) is 5.91 Å². The fourth-order valence-electron chi connectivity index (χ4n) is 1.79. The number of carbonyl (C=O) groups excluding carboxylic acids is 2. The molecule has 0 fully saturated rings. The van der Waals surface area contributed by atoms with E-state index in [0.717, 1.165) is 0 Å². The van der Waals surface area contributed by atoms with E-state index in [2.05, 4.69) is 5.32 Å². The van der Waals surface area contributed by atoms with Crippen LogP contribution >= 0.6 is 0 Å². The molecule has 0 radical (unpaired) electrons. The predicted octanol–water partition coefficient (Wildman–Crippen LogP) is 0.130. The summed E-state index contributed by atoms with van der Waals surface area (Å²) in [6.07, 6.45) is 0. The number of nitrogens with two attached hydrogens (primary N) is 1. The van der Waals surface area contributed by atoms with Gasteiger partial charge < -0.3 is 15.8 Å². The number of benzene rings is 1. The Balaban J connectivity index is 2.27. The Morgan fingerprint density at radius 2 is 2.33 bits per heavy atom. The standard InChI is InChI=1S/C12H15N3O3/c1-2-14-11(16)6-15-9-5-8(13)3-4-10(9)18-7-12(15)17/h3-5H,2,6-7,13H2,1H3,(H,14,16). The van der Waals surface area contributed by atoms with E-state index in [1.54, 1.807) is 18.2 Å². The van der Waals surface area contributed by atoms with Gasteiger partial charge in [-0.2, -0.15) is 0 Å². The molecule has 6 nitrogen and oxygen atoms in total. The van der Waals surface area contributed by atoms with Gasteiger partial charge in [0.1, 0.15) is 12.3 Å². The van der Waals surface area contributed by atoms with Gasteiger partial charge >= 0.3 is 0 Å². The first-order valence-corrected chi connectivity index (χ1v) is 5.71. The molecule has 18 heavy (non-hydrogen) atoms. The molecule has 2 rings (SSSR count). The van der Waals surface area contributed by atoms with Crippen LogP contribution in [-0.4, -0.2) is 31.5 Å². The summed E-state index contributed by atoms with van der Waals surface area (Å²) in [4.78, 5) is 24.8. The number of fused-ring (bicyclic) bond motifs is 1.